The molecule has 2 aromatic heterocycles. The fourth-order valence-corrected chi connectivity index (χ4v) is 5.05. The van der Waals surface area contributed by atoms with Crippen LogP contribution in [0.1, 0.15) is 49.2 Å². The van der Waals surface area contributed by atoms with Crippen LogP contribution in [0.25, 0.3) is 11.3 Å². The normalized spacial score (nSPS) is 21.4. The number of furan rings is 1. The van der Waals surface area contributed by atoms with Crippen LogP contribution in [0.5, 0.6) is 0 Å². The molecule has 1 aliphatic heterocycles. The Kier molecular flexibility index (Phi) is 5.15. The number of thiocarbonyl (C=S) groups is 1. The number of nitro groups is 1. The van der Waals surface area contributed by atoms with Gasteiger partial charge in [0.1, 0.15) is 17.6 Å². The minimum absolute atomic E-state index is 0.0588. The number of nitro benzene ring substituents is 1. The van der Waals surface area contributed by atoms with Gasteiger partial charge in [-0.1, -0.05) is 18.9 Å². The van der Waals surface area contributed by atoms with Crippen LogP contribution in [0.2, 0.25) is 0 Å². The van der Waals surface area contributed by atoms with E-state index in [1.165, 1.54) is 25.0 Å². The van der Waals surface area contributed by atoms with Crippen LogP contribution in [-0.4, -0.2) is 26.0 Å². The molecule has 0 radical (unpaired) electrons. The van der Waals surface area contributed by atoms with E-state index < -0.39 is 4.92 Å². The summed E-state index contributed by atoms with van der Waals surface area (Å²) in [7, 11) is 0. The van der Waals surface area contributed by atoms with Gasteiger partial charge < -0.3 is 14.6 Å². The zero-order chi connectivity index (χ0) is 21.4. The molecular formula is C23H22N4O3S. The summed E-state index contributed by atoms with van der Waals surface area (Å²) in [5.41, 5.74) is 1.78. The van der Waals surface area contributed by atoms with Crippen LogP contribution < -0.4 is 5.32 Å². The molecule has 7 nitrogen and oxygen atoms in total. The Balaban J connectivity index is 1.51. The van der Waals surface area contributed by atoms with Crippen molar-refractivity contribution in [2.24, 2.45) is 0 Å². The summed E-state index contributed by atoms with van der Waals surface area (Å²) in [6, 6.07) is 16.4. The van der Waals surface area contributed by atoms with Crippen molar-refractivity contribution in [3.8, 4) is 11.3 Å². The Morgan fingerprint density at radius 1 is 1.10 bits per heavy atom. The number of non-ortho nitro benzene ring substituents is 1. The molecule has 5 rings (SSSR count). The van der Waals surface area contributed by atoms with E-state index in [1.807, 2.05) is 30.3 Å². The molecule has 0 amide bonds. The highest BCUT2D eigenvalue weighted by Gasteiger charge is 2.45. The van der Waals surface area contributed by atoms with E-state index >= 15 is 0 Å². The predicted octanol–water partition coefficient (Wildman–Crippen LogP) is 5.16. The fraction of sp³-hybridized carbons (Fsp3) is 0.304. The number of benzene rings is 1. The third kappa shape index (κ3) is 3.67. The van der Waals surface area contributed by atoms with Crippen LogP contribution in [0.3, 0.4) is 0 Å². The van der Waals surface area contributed by atoms with Gasteiger partial charge in [0.25, 0.3) is 5.69 Å². The van der Waals surface area contributed by atoms with Crippen molar-refractivity contribution in [3.05, 3.63) is 82.4 Å². The lowest BCUT2D eigenvalue weighted by Crippen LogP contribution is -2.37. The molecular weight excluding hydrogens is 412 g/mol. The van der Waals surface area contributed by atoms with Crippen molar-refractivity contribution in [2.75, 3.05) is 0 Å². The van der Waals surface area contributed by atoms with Crippen LogP contribution in [0, 0.1) is 10.1 Å². The highest BCUT2D eigenvalue weighted by Crippen LogP contribution is 2.44. The summed E-state index contributed by atoms with van der Waals surface area (Å²) in [6.45, 7) is 0. The monoisotopic (exact) mass is 434 g/mol. The summed E-state index contributed by atoms with van der Waals surface area (Å²) >= 11 is 5.75. The third-order valence-corrected chi connectivity index (χ3v) is 6.46. The van der Waals surface area contributed by atoms with Crippen LogP contribution in [0.4, 0.5) is 5.69 Å². The second-order valence-electron chi connectivity index (χ2n) is 7.98. The molecule has 3 heterocycles. The highest BCUT2D eigenvalue weighted by molar-refractivity contribution is 7.80. The van der Waals surface area contributed by atoms with Gasteiger partial charge in [0, 0.05) is 29.9 Å². The van der Waals surface area contributed by atoms with E-state index in [1.54, 1.807) is 18.3 Å². The van der Waals surface area contributed by atoms with E-state index in [2.05, 4.69) is 15.2 Å². The Morgan fingerprint density at radius 3 is 2.55 bits per heavy atom. The molecule has 2 atom stereocenters. The summed E-state index contributed by atoms with van der Waals surface area (Å²) < 4.78 is 6.30. The molecule has 1 saturated heterocycles. The van der Waals surface area contributed by atoms with Gasteiger partial charge >= 0.3 is 0 Å². The first kappa shape index (κ1) is 19.7. The minimum atomic E-state index is -0.403. The number of nitrogens with zero attached hydrogens (tertiary/aromatic N) is 3. The van der Waals surface area contributed by atoms with Gasteiger partial charge in [-0.15, -0.1) is 0 Å². The van der Waals surface area contributed by atoms with E-state index in [0.29, 0.717) is 11.8 Å². The average Bonchev–Trinajstić information content (AvgIpc) is 3.54. The summed E-state index contributed by atoms with van der Waals surface area (Å²) in [5.74, 6) is 1.48. The molecule has 2 aliphatic rings. The Bertz CT molecular complexity index is 1090. The smallest absolute Gasteiger partial charge is 0.269 e. The number of nitrogens with one attached hydrogen (secondary N) is 1. The van der Waals surface area contributed by atoms with E-state index in [9.17, 15) is 10.1 Å². The van der Waals surface area contributed by atoms with Gasteiger partial charge in [-0.25, -0.2) is 0 Å². The van der Waals surface area contributed by atoms with Crippen molar-refractivity contribution < 1.29 is 9.34 Å². The maximum absolute atomic E-state index is 10.9. The molecule has 31 heavy (non-hydrogen) atoms. The molecule has 0 bridgehead atoms. The van der Waals surface area contributed by atoms with Crippen molar-refractivity contribution in [1.29, 1.82) is 0 Å². The van der Waals surface area contributed by atoms with Crippen molar-refractivity contribution in [1.82, 2.24) is 15.2 Å². The molecule has 1 N–H and O–H groups in total. The van der Waals surface area contributed by atoms with Gasteiger partial charge in [-0.05, 0) is 61.5 Å². The van der Waals surface area contributed by atoms with Crippen LogP contribution in [0.15, 0.2) is 65.2 Å². The molecule has 1 aliphatic carbocycles. The average molecular weight is 435 g/mol. The highest BCUT2D eigenvalue weighted by atomic mass is 32.1. The van der Waals surface area contributed by atoms with Gasteiger partial charge in [-0.2, -0.15) is 0 Å². The minimum Gasteiger partial charge on any atom is -0.459 e. The van der Waals surface area contributed by atoms with Gasteiger partial charge in [0.05, 0.1) is 16.7 Å². The van der Waals surface area contributed by atoms with E-state index in [0.717, 1.165) is 35.0 Å². The van der Waals surface area contributed by atoms with Gasteiger partial charge in [0.2, 0.25) is 0 Å². The van der Waals surface area contributed by atoms with Gasteiger partial charge in [-0.3, -0.25) is 15.1 Å². The molecule has 2 unspecified atom stereocenters. The van der Waals surface area contributed by atoms with Crippen LogP contribution in [-0.2, 0) is 0 Å². The maximum Gasteiger partial charge on any atom is 0.269 e. The second-order valence-corrected chi connectivity index (χ2v) is 8.36. The Hall–Kier alpha value is -3.26. The zero-order valence-corrected chi connectivity index (χ0v) is 17.6. The maximum atomic E-state index is 10.9. The largest absolute Gasteiger partial charge is 0.459 e. The number of hydrogen-bond acceptors (Lipinski definition) is 5. The molecule has 8 heteroatoms. The molecule has 3 aromatic rings. The molecule has 1 aromatic carbocycles. The molecule has 1 saturated carbocycles. The third-order valence-electron chi connectivity index (χ3n) is 6.13. The fourth-order valence-electron chi connectivity index (χ4n) is 4.66. The van der Waals surface area contributed by atoms with Crippen molar-refractivity contribution >= 4 is 23.0 Å². The lowest BCUT2D eigenvalue weighted by molar-refractivity contribution is -0.384. The summed E-state index contributed by atoms with van der Waals surface area (Å²) in [6.07, 6.45) is 6.43. The SMILES string of the molecule is O=[N+]([O-])c1ccc(-c2ccc(C3C(c4ccccn4)NC(=S)N3C3CCCC3)o2)cc1. The quantitative estimate of drug-likeness (QED) is 0.337. The van der Waals surface area contributed by atoms with E-state index in [4.69, 9.17) is 16.6 Å². The first-order valence-corrected chi connectivity index (χ1v) is 10.9. The van der Waals surface area contributed by atoms with E-state index in [-0.39, 0.29) is 17.8 Å². The van der Waals surface area contributed by atoms with Gasteiger partial charge in [0.15, 0.2) is 5.11 Å². The second kappa shape index (κ2) is 8.11. The first-order valence-electron chi connectivity index (χ1n) is 10.5. The van der Waals surface area contributed by atoms with Crippen LogP contribution >= 0.6 is 12.2 Å². The Morgan fingerprint density at radius 2 is 1.87 bits per heavy atom. The predicted molar refractivity (Wildman–Crippen MR) is 120 cm³/mol. The first-order chi connectivity index (χ1) is 15.1. The number of pyridine rings is 1. The lowest BCUT2D eigenvalue weighted by Gasteiger charge is -2.31. The summed E-state index contributed by atoms with van der Waals surface area (Å²) in [4.78, 5) is 17.4. The Labute approximate surface area is 185 Å². The number of rotatable bonds is 5. The zero-order valence-electron chi connectivity index (χ0n) is 16.8. The number of aromatic nitrogens is 1. The topological polar surface area (TPSA) is 84.4 Å². The lowest BCUT2D eigenvalue weighted by atomic mass is 10.0. The van der Waals surface area contributed by atoms with Crippen molar-refractivity contribution in [3.63, 3.8) is 0 Å². The standard InChI is InChI=1S/C23H22N4O3S/c28-27(29)17-10-8-15(9-11-17)19-12-13-20(30-19)22-21(18-7-3-4-14-24-18)25-23(31)26(22)16-5-1-2-6-16/h3-4,7-14,16,21-22H,1-2,5-6H2,(H,25,31). The molecule has 0 spiro atoms. The molecule has 158 valence electrons. The summed E-state index contributed by atoms with van der Waals surface area (Å²) in [5, 5.41) is 15.2. The number of hydrogen-bond donors (Lipinski definition) is 1. The molecule has 2 fully saturated rings. The van der Waals surface area contributed by atoms with Crippen molar-refractivity contribution in [2.45, 2.75) is 43.8 Å².